The number of hydrogen-bond acceptors (Lipinski definition) is 3. The van der Waals surface area contributed by atoms with Gasteiger partial charge in [-0.05, 0) is 62.9 Å². The molecule has 2 aromatic carbocycles. The van der Waals surface area contributed by atoms with Crippen LogP contribution in [-0.4, -0.2) is 28.3 Å². The molecule has 0 bridgehead atoms. The van der Waals surface area contributed by atoms with E-state index in [0.29, 0.717) is 17.5 Å². The number of nitrogens with one attached hydrogen (secondary N) is 3. The largest absolute Gasteiger partial charge is 0.340 e. The molecular weight excluding hydrogens is 428 g/mol. The van der Waals surface area contributed by atoms with Crippen LogP contribution >= 0.6 is 0 Å². The van der Waals surface area contributed by atoms with Gasteiger partial charge >= 0.3 is 0 Å². The van der Waals surface area contributed by atoms with Crippen molar-refractivity contribution < 1.29 is 14.4 Å². The molecule has 0 saturated heterocycles. The molecule has 34 heavy (non-hydrogen) atoms. The molecule has 3 rings (SSSR count). The summed E-state index contributed by atoms with van der Waals surface area (Å²) in [4.78, 5) is 38.5. The molecule has 0 aliphatic heterocycles. The molecule has 3 amide bonds. The van der Waals surface area contributed by atoms with Gasteiger partial charge in [-0.3, -0.25) is 25.2 Å². The highest BCUT2D eigenvalue weighted by Gasteiger charge is 2.24. The van der Waals surface area contributed by atoms with Crippen LogP contribution in [-0.2, 0) is 4.79 Å². The quantitative estimate of drug-likeness (QED) is 0.465. The summed E-state index contributed by atoms with van der Waals surface area (Å²) in [5.74, 6) is -1.05. The average molecular weight is 461 g/mol. The van der Waals surface area contributed by atoms with Gasteiger partial charge in [-0.25, -0.2) is 0 Å². The molecule has 0 saturated carbocycles. The second kappa shape index (κ2) is 10.8. The van der Waals surface area contributed by atoms with E-state index in [-0.39, 0.29) is 11.8 Å². The second-order valence-electron chi connectivity index (χ2n) is 8.87. The highest BCUT2D eigenvalue weighted by molar-refractivity contribution is 6.00. The highest BCUT2D eigenvalue weighted by Crippen LogP contribution is 2.20. The lowest BCUT2D eigenvalue weighted by Crippen LogP contribution is -2.52. The second-order valence-corrected chi connectivity index (χ2v) is 8.87. The van der Waals surface area contributed by atoms with Crippen molar-refractivity contribution in [1.29, 1.82) is 0 Å². The van der Waals surface area contributed by atoms with Crippen LogP contribution in [0.1, 0.15) is 57.9 Å². The zero-order chi connectivity index (χ0) is 24.8. The fourth-order valence-electron chi connectivity index (χ4n) is 4.01. The Kier molecular flexibility index (Phi) is 7.89. The predicted molar refractivity (Wildman–Crippen MR) is 133 cm³/mol. The Morgan fingerprint density at radius 1 is 0.824 bits per heavy atom. The smallest absolute Gasteiger partial charge is 0.271 e. The number of aryl methyl sites for hydroxylation is 2. The summed E-state index contributed by atoms with van der Waals surface area (Å²) in [5, 5.41) is 2.81. The van der Waals surface area contributed by atoms with Crippen molar-refractivity contribution in [3.63, 3.8) is 0 Å². The number of rotatable bonds is 7. The van der Waals surface area contributed by atoms with Crippen LogP contribution in [0, 0.1) is 26.7 Å². The number of carbonyl (C=O) groups is 3. The summed E-state index contributed by atoms with van der Waals surface area (Å²) in [6, 6.07) is 18.0. The summed E-state index contributed by atoms with van der Waals surface area (Å²) < 4.78 is 1.99. The summed E-state index contributed by atoms with van der Waals surface area (Å²) in [5.41, 5.74) is 9.43. The Labute approximate surface area is 200 Å². The third kappa shape index (κ3) is 5.73. The van der Waals surface area contributed by atoms with Gasteiger partial charge in [-0.1, -0.05) is 50.2 Å². The maximum atomic E-state index is 12.9. The molecular formula is C27H32N4O3. The number of aromatic nitrogens is 1. The Morgan fingerprint density at radius 2 is 1.47 bits per heavy atom. The third-order valence-corrected chi connectivity index (χ3v) is 5.71. The molecule has 0 spiro atoms. The van der Waals surface area contributed by atoms with Gasteiger partial charge in [0, 0.05) is 22.6 Å². The first-order valence-corrected chi connectivity index (χ1v) is 11.4. The molecule has 0 aliphatic carbocycles. The minimum Gasteiger partial charge on any atom is -0.340 e. The highest BCUT2D eigenvalue weighted by atomic mass is 16.2. The van der Waals surface area contributed by atoms with E-state index in [1.54, 1.807) is 18.2 Å². The normalized spacial score (nSPS) is 11.7. The van der Waals surface area contributed by atoms with E-state index >= 15 is 0 Å². The lowest BCUT2D eigenvalue weighted by Gasteiger charge is -2.21. The maximum absolute atomic E-state index is 12.9. The van der Waals surface area contributed by atoms with Crippen LogP contribution in [0.15, 0.2) is 60.7 Å². The van der Waals surface area contributed by atoms with Crippen molar-refractivity contribution in [2.45, 2.75) is 47.1 Å². The molecule has 0 radical (unpaired) electrons. The number of nitrogens with zero attached hydrogens (tertiary/aromatic N) is 1. The standard InChI is InChI=1S/C27H32N4O3/c1-17(2)15-24(28-25(32)22-14-10-9-11-18(22)3)27(34)30-29-26(33)23-16-19(4)31(20(23)5)21-12-7-6-8-13-21/h6-14,16-17,24H,15H2,1-5H3,(H,28,32)(H,29,33)(H,30,34). The Balaban J connectivity index is 1.70. The number of carbonyl (C=O) groups excluding carboxylic acids is 3. The molecule has 7 heteroatoms. The minimum atomic E-state index is -0.788. The zero-order valence-corrected chi connectivity index (χ0v) is 20.3. The van der Waals surface area contributed by atoms with E-state index < -0.39 is 17.9 Å². The molecule has 0 aliphatic rings. The number of benzene rings is 2. The van der Waals surface area contributed by atoms with Gasteiger partial charge < -0.3 is 9.88 Å². The van der Waals surface area contributed by atoms with E-state index in [1.807, 2.05) is 81.7 Å². The van der Waals surface area contributed by atoms with Crippen molar-refractivity contribution in [3.05, 3.63) is 88.7 Å². The molecule has 178 valence electrons. The van der Waals surface area contributed by atoms with Gasteiger partial charge in [-0.2, -0.15) is 0 Å². The minimum absolute atomic E-state index is 0.161. The van der Waals surface area contributed by atoms with Crippen LogP contribution in [0.2, 0.25) is 0 Å². The maximum Gasteiger partial charge on any atom is 0.271 e. The summed E-state index contributed by atoms with van der Waals surface area (Å²) in [6.45, 7) is 9.57. The molecule has 0 fully saturated rings. The van der Waals surface area contributed by atoms with E-state index in [2.05, 4.69) is 16.2 Å². The van der Waals surface area contributed by atoms with Crippen molar-refractivity contribution in [1.82, 2.24) is 20.7 Å². The number of amides is 3. The Bertz CT molecular complexity index is 1180. The first-order valence-electron chi connectivity index (χ1n) is 11.4. The summed E-state index contributed by atoms with van der Waals surface area (Å²) in [7, 11) is 0. The fraction of sp³-hybridized carbons (Fsp3) is 0.296. The van der Waals surface area contributed by atoms with Crippen molar-refractivity contribution in [2.75, 3.05) is 0 Å². The van der Waals surface area contributed by atoms with E-state index in [0.717, 1.165) is 22.6 Å². The van der Waals surface area contributed by atoms with Crippen LogP contribution < -0.4 is 16.2 Å². The van der Waals surface area contributed by atoms with Crippen LogP contribution in [0.3, 0.4) is 0 Å². The zero-order valence-electron chi connectivity index (χ0n) is 20.3. The Hall–Kier alpha value is -3.87. The SMILES string of the molecule is Cc1ccccc1C(=O)NC(CC(C)C)C(=O)NNC(=O)c1cc(C)n(-c2ccccc2)c1C. The molecule has 7 nitrogen and oxygen atoms in total. The number of hydrogen-bond donors (Lipinski definition) is 3. The third-order valence-electron chi connectivity index (χ3n) is 5.71. The first kappa shape index (κ1) is 24.8. The lowest BCUT2D eigenvalue weighted by atomic mass is 10.0. The van der Waals surface area contributed by atoms with Gasteiger partial charge in [0.2, 0.25) is 0 Å². The van der Waals surface area contributed by atoms with Crippen molar-refractivity contribution in [2.24, 2.45) is 5.92 Å². The lowest BCUT2D eigenvalue weighted by molar-refractivity contribution is -0.124. The van der Waals surface area contributed by atoms with Crippen LogP contribution in [0.25, 0.3) is 5.69 Å². The summed E-state index contributed by atoms with van der Waals surface area (Å²) >= 11 is 0. The topological polar surface area (TPSA) is 92.2 Å². The van der Waals surface area contributed by atoms with Gasteiger partial charge in [-0.15, -0.1) is 0 Å². The van der Waals surface area contributed by atoms with Gasteiger partial charge in [0.15, 0.2) is 0 Å². The van der Waals surface area contributed by atoms with Crippen LogP contribution in [0.5, 0.6) is 0 Å². The molecule has 1 unspecified atom stereocenters. The molecule has 1 heterocycles. The van der Waals surface area contributed by atoms with Crippen molar-refractivity contribution in [3.8, 4) is 5.69 Å². The molecule has 3 aromatic rings. The summed E-state index contributed by atoms with van der Waals surface area (Å²) in [6.07, 6.45) is 0.432. The Morgan fingerprint density at radius 3 is 2.12 bits per heavy atom. The fourth-order valence-corrected chi connectivity index (χ4v) is 4.01. The van der Waals surface area contributed by atoms with E-state index in [9.17, 15) is 14.4 Å². The molecule has 1 aromatic heterocycles. The molecule has 3 N–H and O–H groups in total. The van der Waals surface area contributed by atoms with Crippen molar-refractivity contribution >= 4 is 17.7 Å². The number of para-hydroxylation sites is 1. The van der Waals surface area contributed by atoms with E-state index in [1.165, 1.54) is 0 Å². The number of hydrazine groups is 1. The molecule has 1 atom stereocenters. The van der Waals surface area contributed by atoms with Crippen LogP contribution in [0.4, 0.5) is 0 Å². The average Bonchev–Trinajstić information content (AvgIpc) is 3.11. The van der Waals surface area contributed by atoms with Gasteiger partial charge in [0.1, 0.15) is 6.04 Å². The predicted octanol–water partition coefficient (Wildman–Crippen LogP) is 4.01. The van der Waals surface area contributed by atoms with E-state index in [4.69, 9.17) is 0 Å². The monoisotopic (exact) mass is 460 g/mol. The van der Waals surface area contributed by atoms with Gasteiger partial charge in [0.05, 0.1) is 5.56 Å². The first-order chi connectivity index (χ1) is 16.2. The van der Waals surface area contributed by atoms with Gasteiger partial charge in [0.25, 0.3) is 17.7 Å².